The molecule has 1 aliphatic rings. The number of hydrogen-bond acceptors (Lipinski definition) is 3. The fourth-order valence-electron chi connectivity index (χ4n) is 3.26. The first kappa shape index (κ1) is 15.9. The van der Waals surface area contributed by atoms with E-state index in [0.29, 0.717) is 24.2 Å². The third-order valence-corrected chi connectivity index (χ3v) is 3.67. The molecule has 1 aliphatic carbocycles. The average molecular weight is 257 g/mol. The number of ether oxygens (including phenoxy) is 1. The smallest absolute Gasteiger partial charge is 0.0645 e. The average Bonchev–Trinajstić information content (AvgIpc) is 2.20. The van der Waals surface area contributed by atoms with Crippen molar-refractivity contribution < 1.29 is 9.84 Å². The van der Waals surface area contributed by atoms with Gasteiger partial charge in [0.1, 0.15) is 0 Å². The monoisotopic (exact) mass is 257 g/mol. The Morgan fingerprint density at radius 1 is 1.33 bits per heavy atom. The zero-order valence-electron chi connectivity index (χ0n) is 12.7. The topological polar surface area (TPSA) is 41.5 Å². The molecule has 0 heterocycles. The molecule has 3 unspecified atom stereocenters. The lowest BCUT2D eigenvalue weighted by molar-refractivity contribution is -0.0360. The molecule has 3 heteroatoms. The van der Waals surface area contributed by atoms with Crippen molar-refractivity contribution in [3.8, 4) is 0 Å². The van der Waals surface area contributed by atoms with Gasteiger partial charge in [0.15, 0.2) is 0 Å². The predicted molar refractivity (Wildman–Crippen MR) is 75.7 cm³/mol. The van der Waals surface area contributed by atoms with Gasteiger partial charge in [-0.15, -0.1) is 0 Å². The lowest BCUT2D eigenvalue weighted by atomic mass is 9.71. The molecule has 1 rings (SSSR count). The lowest BCUT2D eigenvalue weighted by Gasteiger charge is -2.39. The van der Waals surface area contributed by atoms with E-state index in [2.05, 4.69) is 39.9 Å². The van der Waals surface area contributed by atoms with Crippen molar-refractivity contribution >= 4 is 0 Å². The van der Waals surface area contributed by atoms with Gasteiger partial charge in [0.25, 0.3) is 0 Å². The Morgan fingerprint density at radius 3 is 2.50 bits per heavy atom. The Morgan fingerprint density at radius 2 is 2.00 bits per heavy atom. The minimum atomic E-state index is 0.0605. The van der Waals surface area contributed by atoms with Gasteiger partial charge in [-0.05, 0) is 30.6 Å². The van der Waals surface area contributed by atoms with Crippen molar-refractivity contribution in [3.63, 3.8) is 0 Å². The normalized spacial score (nSPS) is 29.5. The summed E-state index contributed by atoms with van der Waals surface area (Å²) in [6, 6.07) is 0.442. The third-order valence-electron chi connectivity index (χ3n) is 3.67. The van der Waals surface area contributed by atoms with Crippen LogP contribution in [0.25, 0.3) is 0 Å². The Kier molecular flexibility index (Phi) is 6.09. The van der Waals surface area contributed by atoms with E-state index < -0.39 is 0 Å². The summed E-state index contributed by atoms with van der Waals surface area (Å²) in [6.45, 7) is 11.9. The third kappa shape index (κ3) is 5.68. The highest BCUT2D eigenvalue weighted by Gasteiger charge is 2.32. The summed E-state index contributed by atoms with van der Waals surface area (Å²) in [7, 11) is 0. The minimum Gasteiger partial charge on any atom is -0.395 e. The second-order valence-corrected chi connectivity index (χ2v) is 7.07. The van der Waals surface area contributed by atoms with Crippen molar-refractivity contribution in [2.45, 2.75) is 72.1 Å². The number of hydrogen-bond donors (Lipinski definition) is 2. The van der Waals surface area contributed by atoms with Crippen molar-refractivity contribution in [1.29, 1.82) is 0 Å². The van der Waals surface area contributed by atoms with Gasteiger partial charge < -0.3 is 15.2 Å². The molecule has 18 heavy (non-hydrogen) atoms. The van der Waals surface area contributed by atoms with Crippen LogP contribution >= 0.6 is 0 Å². The fraction of sp³-hybridized carbons (Fsp3) is 1.00. The van der Waals surface area contributed by atoms with Crippen molar-refractivity contribution in [2.75, 3.05) is 13.2 Å². The highest BCUT2D eigenvalue weighted by molar-refractivity contribution is 4.83. The van der Waals surface area contributed by atoms with Crippen LogP contribution < -0.4 is 5.32 Å². The van der Waals surface area contributed by atoms with E-state index >= 15 is 0 Å². The van der Waals surface area contributed by atoms with Gasteiger partial charge >= 0.3 is 0 Å². The van der Waals surface area contributed by atoms with Crippen LogP contribution in [0.1, 0.15) is 53.9 Å². The molecule has 2 N–H and O–H groups in total. The largest absolute Gasteiger partial charge is 0.395 e. The number of aliphatic hydroxyl groups is 1. The first-order chi connectivity index (χ1) is 8.32. The van der Waals surface area contributed by atoms with E-state index in [0.717, 1.165) is 18.8 Å². The summed E-state index contributed by atoms with van der Waals surface area (Å²) >= 11 is 0. The Balaban J connectivity index is 2.37. The quantitative estimate of drug-likeness (QED) is 0.768. The van der Waals surface area contributed by atoms with Crippen molar-refractivity contribution in [2.24, 2.45) is 11.3 Å². The van der Waals surface area contributed by atoms with E-state index in [1.807, 2.05) is 0 Å². The fourth-order valence-corrected chi connectivity index (χ4v) is 3.26. The van der Waals surface area contributed by atoms with Gasteiger partial charge in [-0.2, -0.15) is 0 Å². The Bertz CT molecular complexity index is 241. The number of rotatable bonds is 6. The second-order valence-electron chi connectivity index (χ2n) is 7.07. The van der Waals surface area contributed by atoms with E-state index in [4.69, 9.17) is 4.74 Å². The van der Waals surface area contributed by atoms with Crippen LogP contribution in [0.3, 0.4) is 0 Å². The summed E-state index contributed by atoms with van der Waals surface area (Å²) in [4.78, 5) is 0. The number of nitrogens with one attached hydrogen (secondary N) is 1. The minimum absolute atomic E-state index is 0.0605. The molecular weight excluding hydrogens is 226 g/mol. The molecular formula is C15H31NO2. The van der Waals surface area contributed by atoms with Crippen molar-refractivity contribution in [3.05, 3.63) is 0 Å². The molecule has 0 saturated heterocycles. The van der Waals surface area contributed by atoms with E-state index in [9.17, 15) is 5.11 Å². The Hall–Kier alpha value is -0.120. The van der Waals surface area contributed by atoms with Gasteiger partial charge in [-0.25, -0.2) is 0 Å². The van der Waals surface area contributed by atoms with Crippen LogP contribution in [0.5, 0.6) is 0 Å². The molecule has 0 bridgehead atoms. The summed E-state index contributed by atoms with van der Waals surface area (Å²) in [6.07, 6.45) is 3.94. The van der Waals surface area contributed by atoms with Gasteiger partial charge in [0, 0.05) is 6.04 Å². The predicted octanol–water partition coefficient (Wildman–Crippen LogP) is 2.58. The van der Waals surface area contributed by atoms with E-state index in [1.165, 1.54) is 6.42 Å². The van der Waals surface area contributed by atoms with Gasteiger partial charge in [0.2, 0.25) is 0 Å². The number of aliphatic hydroxyl groups excluding tert-OH is 1. The van der Waals surface area contributed by atoms with Crippen LogP contribution in [0.2, 0.25) is 0 Å². The maximum Gasteiger partial charge on any atom is 0.0645 e. The van der Waals surface area contributed by atoms with Gasteiger partial charge in [0.05, 0.1) is 25.4 Å². The van der Waals surface area contributed by atoms with E-state index in [1.54, 1.807) is 0 Å². The maximum atomic E-state index is 9.32. The molecule has 3 atom stereocenters. The Labute approximate surface area is 112 Å². The second kappa shape index (κ2) is 6.88. The molecule has 0 spiro atoms. The van der Waals surface area contributed by atoms with Crippen LogP contribution in [0.15, 0.2) is 0 Å². The molecule has 0 radical (unpaired) electrons. The molecule has 0 aromatic rings. The van der Waals surface area contributed by atoms with Crippen LogP contribution in [-0.2, 0) is 4.74 Å². The van der Waals surface area contributed by atoms with Crippen LogP contribution in [-0.4, -0.2) is 36.5 Å². The summed E-state index contributed by atoms with van der Waals surface area (Å²) in [5.74, 6) is 0.740. The highest BCUT2D eigenvalue weighted by Crippen LogP contribution is 2.39. The molecule has 3 nitrogen and oxygen atoms in total. The molecule has 0 aromatic carbocycles. The SMILES string of the molecule is CC1CC(OCC(CO)NC(C)C)CC(C)(C)C1. The van der Waals surface area contributed by atoms with E-state index in [-0.39, 0.29) is 12.6 Å². The summed E-state index contributed by atoms with van der Waals surface area (Å²) in [5.41, 5.74) is 0.391. The van der Waals surface area contributed by atoms with Crippen LogP contribution in [0.4, 0.5) is 0 Å². The zero-order chi connectivity index (χ0) is 13.8. The van der Waals surface area contributed by atoms with Gasteiger partial charge in [-0.1, -0.05) is 34.6 Å². The molecule has 0 aliphatic heterocycles. The highest BCUT2D eigenvalue weighted by atomic mass is 16.5. The molecule has 0 amide bonds. The van der Waals surface area contributed by atoms with Gasteiger partial charge in [-0.3, -0.25) is 0 Å². The maximum absolute atomic E-state index is 9.32. The summed E-state index contributed by atoms with van der Waals surface area (Å²) in [5, 5.41) is 12.6. The summed E-state index contributed by atoms with van der Waals surface area (Å²) < 4.78 is 6.02. The van der Waals surface area contributed by atoms with Crippen molar-refractivity contribution in [1.82, 2.24) is 5.32 Å². The van der Waals surface area contributed by atoms with Crippen LogP contribution in [0, 0.1) is 11.3 Å². The molecule has 1 saturated carbocycles. The lowest BCUT2D eigenvalue weighted by Crippen LogP contribution is -2.43. The zero-order valence-corrected chi connectivity index (χ0v) is 12.7. The standard InChI is InChI=1S/C15H31NO2/c1-11(2)16-13(9-17)10-18-14-6-12(3)7-15(4,5)8-14/h11-14,16-17H,6-10H2,1-5H3. The first-order valence-electron chi connectivity index (χ1n) is 7.31. The molecule has 108 valence electrons. The molecule has 0 aromatic heterocycles. The molecule has 1 fully saturated rings. The first-order valence-corrected chi connectivity index (χ1v) is 7.31.